The third kappa shape index (κ3) is 5.66. The highest BCUT2D eigenvalue weighted by Crippen LogP contribution is 2.30. The number of hydrogen-bond acceptors (Lipinski definition) is 1. The Morgan fingerprint density at radius 2 is 2.00 bits per heavy atom. The topological polar surface area (TPSA) is 38.4 Å². The number of hydrogen-bond donors (Lipinski definition) is 1. The molecule has 0 amide bonds. The Morgan fingerprint density at radius 1 is 1.47 bits per heavy atom. The van der Waals surface area contributed by atoms with E-state index >= 15 is 0 Å². The number of aliphatic imine (C=N–C) groups is 1. The molecule has 0 fully saturated rings. The highest BCUT2D eigenvalue weighted by molar-refractivity contribution is 5.78. The van der Waals surface area contributed by atoms with Gasteiger partial charge >= 0.3 is 0 Å². The van der Waals surface area contributed by atoms with Crippen molar-refractivity contribution in [2.75, 3.05) is 0 Å². The van der Waals surface area contributed by atoms with Crippen LogP contribution in [0.25, 0.3) is 0 Å². The SMILES string of the molecule is C=C(/N=C(/C)N)/C(C)=C\C[C@@H](F)C(C)(C)CC. The van der Waals surface area contributed by atoms with Gasteiger partial charge in [0.1, 0.15) is 6.17 Å². The number of halogens is 1. The molecule has 0 rings (SSSR count). The van der Waals surface area contributed by atoms with Crippen molar-refractivity contribution in [3.63, 3.8) is 0 Å². The van der Waals surface area contributed by atoms with Gasteiger partial charge in [-0.15, -0.1) is 0 Å². The Kier molecular flexibility index (Phi) is 6.14. The Bertz CT molecular complexity index is 323. The first kappa shape index (κ1) is 15.9. The second kappa shape index (κ2) is 6.58. The van der Waals surface area contributed by atoms with Crippen LogP contribution in [0.3, 0.4) is 0 Å². The van der Waals surface area contributed by atoms with Crippen LogP contribution in [-0.2, 0) is 0 Å². The summed E-state index contributed by atoms with van der Waals surface area (Å²) in [5.74, 6) is 0.466. The van der Waals surface area contributed by atoms with Crippen molar-refractivity contribution in [3.05, 3.63) is 23.9 Å². The Hall–Kier alpha value is -1.12. The zero-order chi connectivity index (χ0) is 13.6. The first-order valence-corrected chi connectivity index (χ1v) is 6.01. The predicted molar refractivity (Wildman–Crippen MR) is 73.8 cm³/mol. The largest absolute Gasteiger partial charge is 0.387 e. The van der Waals surface area contributed by atoms with E-state index in [1.165, 1.54) is 0 Å². The van der Waals surface area contributed by atoms with Crippen molar-refractivity contribution >= 4 is 5.84 Å². The molecule has 0 aliphatic rings. The zero-order valence-electron chi connectivity index (χ0n) is 11.7. The first-order chi connectivity index (χ1) is 7.70. The van der Waals surface area contributed by atoms with E-state index in [1.54, 1.807) is 6.92 Å². The molecular weight excluding hydrogens is 215 g/mol. The highest BCUT2D eigenvalue weighted by Gasteiger charge is 2.26. The molecule has 0 heterocycles. The average Bonchev–Trinajstić information content (AvgIpc) is 2.24. The molecule has 2 nitrogen and oxygen atoms in total. The number of nitrogens with zero attached hydrogens (tertiary/aromatic N) is 1. The quantitative estimate of drug-likeness (QED) is 0.425. The third-order valence-corrected chi connectivity index (χ3v) is 3.16. The molecule has 0 aromatic heterocycles. The van der Waals surface area contributed by atoms with Gasteiger partial charge in [-0.25, -0.2) is 9.38 Å². The number of allylic oxidation sites excluding steroid dienone is 2. The van der Waals surface area contributed by atoms with Crippen LogP contribution >= 0.6 is 0 Å². The van der Waals surface area contributed by atoms with E-state index in [1.807, 2.05) is 33.8 Å². The van der Waals surface area contributed by atoms with Gasteiger partial charge in [0.15, 0.2) is 0 Å². The minimum absolute atomic E-state index is 0.287. The molecule has 0 saturated carbocycles. The summed E-state index contributed by atoms with van der Waals surface area (Å²) in [5, 5.41) is 0. The maximum Gasteiger partial charge on any atom is 0.109 e. The van der Waals surface area contributed by atoms with E-state index in [2.05, 4.69) is 11.6 Å². The standard InChI is InChI=1S/C14H25FN2/c1-7-14(5,6)13(15)9-8-10(2)11(3)17-12(4)16/h8,13H,3,7,9H2,1-2,4-6H3,(H2,16,17)/b10-8-/t13-/m1/s1. The van der Waals surface area contributed by atoms with Crippen LogP contribution < -0.4 is 5.73 Å². The van der Waals surface area contributed by atoms with Gasteiger partial charge < -0.3 is 5.73 Å². The number of alkyl halides is 1. The minimum atomic E-state index is -0.849. The lowest BCUT2D eigenvalue weighted by Gasteiger charge is -2.26. The molecule has 0 bridgehead atoms. The van der Waals surface area contributed by atoms with Gasteiger partial charge in [0.2, 0.25) is 0 Å². The molecule has 0 radical (unpaired) electrons. The molecule has 0 aromatic carbocycles. The van der Waals surface area contributed by atoms with Gasteiger partial charge in [-0.2, -0.15) is 0 Å². The Balaban J connectivity index is 4.54. The normalized spacial score (nSPS) is 15.9. The van der Waals surface area contributed by atoms with Crippen molar-refractivity contribution in [3.8, 4) is 0 Å². The molecule has 0 aliphatic carbocycles. The summed E-state index contributed by atoms with van der Waals surface area (Å²) in [5.41, 5.74) is 6.66. The Morgan fingerprint density at radius 3 is 2.41 bits per heavy atom. The summed E-state index contributed by atoms with van der Waals surface area (Å²) in [6.45, 7) is 13.3. The molecular formula is C14H25FN2. The van der Waals surface area contributed by atoms with Gasteiger partial charge in [-0.1, -0.05) is 33.4 Å². The van der Waals surface area contributed by atoms with Crippen molar-refractivity contribution in [1.29, 1.82) is 0 Å². The fourth-order valence-electron chi connectivity index (χ4n) is 1.24. The van der Waals surface area contributed by atoms with E-state index in [0.29, 0.717) is 18.0 Å². The lowest BCUT2D eigenvalue weighted by atomic mass is 9.83. The zero-order valence-corrected chi connectivity index (χ0v) is 11.7. The summed E-state index contributed by atoms with van der Waals surface area (Å²) in [7, 11) is 0. The summed E-state index contributed by atoms with van der Waals surface area (Å²) < 4.78 is 13.9. The van der Waals surface area contributed by atoms with Crippen molar-refractivity contribution < 1.29 is 4.39 Å². The monoisotopic (exact) mass is 240 g/mol. The molecule has 1 atom stereocenters. The van der Waals surface area contributed by atoms with Crippen molar-refractivity contribution in [2.45, 2.75) is 53.6 Å². The smallest absolute Gasteiger partial charge is 0.109 e. The predicted octanol–water partition coefficient (Wildman–Crippen LogP) is 3.99. The van der Waals surface area contributed by atoms with Gasteiger partial charge in [-0.05, 0) is 37.7 Å². The third-order valence-electron chi connectivity index (χ3n) is 3.16. The van der Waals surface area contributed by atoms with E-state index in [-0.39, 0.29) is 5.41 Å². The van der Waals surface area contributed by atoms with Crippen molar-refractivity contribution in [1.82, 2.24) is 0 Å². The van der Waals surface area contributed by atoms with Crippen LogP contribution in [0.5, 0.6) is 0 Å². The molecule has 0 saturated heterocycles. The lowest BCUT2D eigenvalue weighted by molar-refractivity contribution is 0.140. The van der Waals surface area contributed by atoms with Crippen LogP contribution in [-0.4, -0.2) is 12.0 Å². The molecule has 0 unspecified atom stereocenters. The average molecular weight is 240 g/mol. The second-order valence-electron chi connectivity index (χ2n) is 5.13. The van der Waals surface area contributed by atoms with E-state index < -0.39 is 6.17 Å². The molecule has 3 heteroatoms. The Labute approximate surface area is 105 Å². The van der Waals surface area contributed by atoms with Gasteiger partial charge in [-0.3, -0.25) is 0 Å². The van der Waals surface area contributed by atoms with Crippen LogP contribution in [0, 0.1) is 5.41 Å². The summed E-state index contributed by atoms with van der Waals surface area (Å²) in [4.78, 5) is 4.05. The lowest BCUT2D eigenvalue weighted by Crippen LogP contribution is -2.24. The second-order valence-corrected chi connectivity index (χ2v) is 5.13. The maximum atomic E-state index is 13.9. The van der Waals surface area contributed by atoms with Gasteiger partial charge in [0, 0.05) is 0 Å². The fraction of sp³-hybridized carbons (Fsp3) is 0.643. The molecule has 17 heavy (non-hydrogen) atoms. The minimum Gasteiger partial charge on any atom is -0.387 e. The molecule has 0 aromatic rings. The van der Waals surface area contributed by atoms with E-state index in [0.717, 1.165) is 12.0 Å². The van der Waals surface area contributed by atoms with Crippen LogP contribution in [0.15, 0.2) is 28.9 Å². The molecule has 0 aliphatic heterocycles. The maximum absolute atomic E-state index is 13.9. The van der Waals surface area contributed by atoms with E-state index in [9.17, 15) is 4.39 Å². The van der Waals surface area contributed by atoms with Crippen LogP contribution in [0.2, 0.25) is 0 Å². The summed E-state index contributed by atoms with van der Waals surface area (Å²) in [6.07, 6.45) is 2.21. The number of amidine groups is 1. The fourth-order valence-corrected chi connectivity index (χ4v) is 1.24. The number of rotatable bonds is 6. The molecule has 98 valence electrons. The molecule has 0 spiro atoms. The van der Waals surface area contributed by atoms with Crippen LogP contribution in [0.4, 0.5) is 4.39 Å². The molecule has 2 N–H and O–H groups in total. The summed E-state index contributed by atoms with van der Waals surface area (Å²) >= 11 is 0. The van der Waals surface area contributed by atoms with Crippen molar-refractivity contribution in [2.24, 2.45) is 16.1 Å². The first-order valence-electron chi connectivity index (χ1n) is 6.01. The van der Waals surface area contributed by atoms with Gasteiger partial charge in [0.25, 0.3) is 0 Å². The van der Waals surface area contributed by atoms with E-state index in [4.69, 9.17) is 5.73 Å². The van der Waals surface area contributed by atoms with Crippen LogP contribution in [0.1, 0.15) is 47.5 Å². The number of nitrogens with two attached hydrogens (primary N) is 1. The van der Waals surface area contributed by atoms with Gasteiger partial charge in [0.05, 0.1) is 11.5 Å². The highest BCUT2D eigenvalue weighted by atomic mass is 19.1. The summed E-state index contributed by atoms with van der Waals surface area (Å²) in [6, 6.07) is 0.